The zero-order chi connectivity index (χ0) is 14.5. The van der Waals surface area contributed by atoms with Gasteiger partial charge in [0.25, 0.3) is 0 Å². The van der Waals surface area contributed by atoms with E-state index in [0.29, 0.717) is 11.6 Å². The Labute approximate surface area is 119 Å². The average molecular weight is 273 g/mol. The first-order valence-electron chi connectivity index (χ1n) is 6.50. The number of benzene rings is 1. The van der Waals surface area contributed by atoms with E-state index in [1.165, 1.54) is 6.33 Å². The normalized spacial score (nSPS) is 10.4. The summed E-state index contributed by atoms with van der Waals surface area (Å²) < 4.78 is 11.0. The lowest BCUT2D eigenvalue weighted by atomic mass is 10.1. The van der Waals surface area contributed by atoms with Crippen molar-refractivity contribution in [2.45, 2.75) is 19.8 Å². The molecule has 0 aliphatic rings. The fourth-order valence-corrected chi connectivity index (χ4v) is 1.94. The van der Waals surface area contributed by atoms with Crippen molar-refractivity contribution in [3.05, 3.63) is 36.2 Å². The molecular weight excluding hydrogens is 254 g/mol. The Balaban J connectivity index is 2.32. The fraction of sp³-hybridized carbons (Fsp3) is 0.333. The van der Waals surface area contributed by atoms with Crippen LogP contribution in [0, 0.1) is 0 Å². The molecule has 20 heavy (non-hydrogen) atoms. The highest BCUT2D eigenvalue weighted by atomic mass is 16.5. The smallest absolute Gasteiger partial charge is 0.227 e. The lowest BCUT2D eigenvalue weighted by molar-refractivity contribution is 0.411. The van der Waals surface area contributed by atoms with Gasteiger partial charge in [0.1, 0.15) is 23.6 Å². The summed E-state index contributed by atoms with van der Waals surface area (Å²) in [6, 6.07) is 7.41. The van der Waals surface area contributed by atoms with Crippen molar-refractivity contribution in [1.82, 2.24) is 9.97 Å². The van der Waals surface area contributed by atoms with Gasteiger partial charge in [-0.2, -0.15) is 0 Å². The Bertz CT molecular complexity index is 568. The van der Waals surface area contributed by atoms with E-state index >= 15 is 0 Å². The third-order valence-electron chi connectivity index (χ3n) is 2.94. The summed E-state index contributed by atoms with van der Waals surface area (Å²) in [4.78, 5) is 8.47. The quantitative estimate of drug-likeness (QED) is 0.904. The minimum absolute atomic E-state index is 0.256. The first-order chi connectivity index (χ1) is 9.65. The minimum Gasteiger partial charge on any atom is -0.497 e. The van der Waals surface area contributed by atoms with Crippen molar-refractivity contribution >= 4 is 5.82 Å². The van der Waals surface area contributed by atoms with Crippen LogP contribution in [0.25, 0.3) is 0 Å². The number of hydrogen-bond donors (Lipinski definition) is 1. The number of aromatic nitrogens is 2. The van der Waals surface area contributed by atoms with E-state index < -0.39 is 0 Å². The second-order valence-electron chi connectivity index (χ2n) is 4.62. The highest BCUT2D eigenvalue weighted by Crippen LogP contribution is 2.33. The van der Waals surface area contributed by atoms with E-state index in [-0.39, 0.29) is 5.92 Å². The first kappa shape index (κ1) is 14.1. The fourth-order valence-electron chi connectivity index (χ4n) is 1.94. The Morgan fingerprint density at radius 2 is 1.70 bits per heavy atom. The Kier molecular flexibility index (Phi) is 4.40. The van der Waals surface area contributed by atoms with E-state index in [4.69, 9.17) is 9.47 Å². The van der Waals surface area contributed by atoms with Crippen LogP contribution < -0.4 is 14.8 Å². The molecule has 1 heterocycles. The Hall–Kier alpha value is -2.30. The van der Waals surface area contributed by atoms with E-state index in [9.17, 15) is 0 Å². The highest BCUT2D eigenvalue weighted by molar-refractivity contribution is 5.51. The third-order valence-corrected chi connectivity index (χ3v) is 2.94. The van der Waals surface area contributed by atoms with Gasteiger partial charge in [0.05, 0.1) is 12.7 Å². The zero-order valence-corrected chi connectivity index (χ0v) is 12.2. The SMILES string of the molecule is CNc1ncnc(Oc2ccc(OC)cc2)c1C(C)C. The van der Waals surface area contributed by atoms with Gasteiger partial charge >= 0.3 is 0 Å². The van der Waals surface area contributed by atoms with Crippen LogP contribution >= 0.6 is 0 Å². The molecule has 1 aromatic carbocycles. The van der Waals surface area contributed by atoms with Gasteiger partial charge in [-0.1, -0.05) is 13.8 Å². The van der Waals surface area contributed by atoms with E-state index in [1.807, 2.05) is 31.3 Å². The second kappa shape index (κ2) is 6.23. The van der Waals surface area contributed by atoms with Gasteiger partial charge in [-0.3, -0.25) is 0 Å². The molecule has 1 N–H and O–H groups in total. The number of nitrogens with zero attached hydrogens (tertiary/aromatic N) is 2. The molecule has 106 valence electrons. The van der Waals surface area contributed by atoms with Gasteiger partial charge in [0, 0.05) is 7.05 Å². The summed E-state index contributed by atoms with van der Waals surface area (Å²) in [5, 5.41) is 3.07. The van der Waals surface area contributed by atoms with Gasteiger partial charge in [-0.05, 0) is 30.2 Å². The molecule has 2 rings (SSSR count). The van der Waals surface area contributed by atoms with Gasteiger partial charge in [0.15, 0.2) is 0 Å². The molecule has 0 amide bonds. The maximum Gasteiger partial charge on any atom is 0.227 e. The number of hydrogen-bond acceptors (Lipinski definition) is 5. The first-order valence-corrected chi connectivity index (χ1v) is 6.50. The molecule has 0 aliphatic carbocycles. The van der Waals surface area contributed by atoms with Gasteiger partial charge < -0.3 is 14.8 Å². The van der Waals surface area contributed by atoms with Crippen molar-refractivity contribution in [2.24, 2.45) is 0 Å². The maximum atomic E-state index is 5.87. The molecule has 5 nitrogen and oxygen atoms in total. The monoisotopic (exact) mass is 273 g/mol. The zero-order valence-electron chi connectivity index (χ0n) is 12.2. The Morgan fingerprint density at radius 3 is 2.25 bits per heavy atom. The molecule has 0 saturated heterocycles. The highest BCUT2D eigenvalue weighted by Gasteiger charge is 2.16. The van der Waals surface area contributed by atoms with Gasteiger partial charge in [0.2, 0.25) is 5.88 Å². The summed E-state index contributed by atoms with van der Waals surface area (Å²) in [5.41, 5.74) is 0.964. The summed E-state index contributed by atoms with van der Waals surface area (Å²) in [5.74, 6) is 3.13. The molecule has 0 fully saturated rings. The van der Waals surface area contributed by atoms with Crippen LogP contribution in [-0.4, -0.2) is 24.1 Å². The molecule has 0 aliphatic heterocycles. The molecule has 0 spiro atoms. The predicted molar refractivity (Wildman–Crippen MR) is 78.7 cm³/mol. The second-order valence-corrected chi connectivity index (χ2v) is 4.62. The van der Waals surface area contributed by atoms with Crippen LogP contribution in [-0.2, 0) is 0 Å². The average Bonchev–Trinajstić information content (AvgIpc) is 2.47. The van der Waals surface area contributed by atoms with Crippen molar-refractivity contribution in [3.63, 3.8) is 0 Å². The van der Waals surface area contributed by atoms with Crippen LogP contribution in [0.4, 0.5) is 5.82 Å². The van der Waals surface area contributed by atoms with Crippen molar-refractivity contribution in [2.75, 3.05) is 19.5 Å². The largest absolute Gasteiger partial charge is 0.497 e. The molecule has 0 bridgehead atoms. The number of nitrogens with one attached hydrogen (secondary N) is 1. The summed E-state index contributed by atoms with van der Waals surface area (Å²) in [6.07, 6.45) is 1.50. The number of rotatable bonds is 5. The molecular formula is C15H19N3O2. The third kappa shape index (κ3) is 2.99. The van der Waals surface area contributed by atoms with Gasteiger partial charge in [-0.25, -0.2) is 9.97 Å². The summed E-state index contributed by atoms with van der Waals surface area (Å²) in [6.45, 7) is 4.17. The van der Waals surface area contributed by atoms with E-state index in [0.717, 1.165) is 17.1 Å². The van der Waals surface area contributed by atoms with Crippen LogP contribution in [0.3, 0.4) is 0 Å². The van der Waals surface area contributed by atoms with E-state index in [2.05, 4.69) is 29.1 Å². The molecule has 0 saturated carbocycles. The van der Waals surface area contributed by atoms with Crippen LogP contribution in [0.2, 0.25) is 0 Å². The standard InChI is InChI=1S/C15H19N3O2/c1-10(2)13-14(16-3)17-9-18-15(13)20-12-7-5-11(19-4)6-8-12/h5-10H,1-4H3,(H,16,17,18). The van der Waals surface area contributed by atoms with E-state index in [1.54, 1.807) is 7.11 Å². The molecule has 2 aromatic rings. The minimum atomic E-state index is 0.256. The number of methoxy groups -OCH3 is 1. The Morgan fingerprint density at radius 1 is 1.05 bits per heavy atom. The summed E-state index contributed by atoms with van der Waals surface area (Å²) >= 11 is 0. The number of anilines is 1. The lowest BCUT2D eigenvalue weighted by Crippen LogP contribution is -2.04. The van der Waals surface area contributed by atoms with Crippen molar-refractivity contribution in [3.8, 4) is 17.4 Å². The van der Waals surface area contributed by atoms with Crippen molar-refractivity contribution < 1.29 is 9.47 Å². The van der Waals surface area contributed by atoms with Crippen LogP contribution in [0.15, 0.2) is 30.6 Å². The van der Waals surface area contributed by atoms with Gasteiger partial charge in [-0.15, -0.1) is 0 Å². The summed E-state index contributed by atoms with van der Waals surface area (Å²) in [7, 11) is 3.47. The predicted octanol–water partition coefficient (Wildman–Crippen LogP) is 3.44. The topological polar surface area (TPSA) is 56.3 Å². The lowest BCUT2D eigenvalue weighted by Gasteiger charge is -2.15. The maximum absolute atomic E-state index is 5.87. The number of ether oxygens (including phenoxy) is 2. The van der Waals surface area contributed by atoms with Crippen molar-refractivity contribution in [1.29, 1.82) is 0 Å². The molecule has 1 aromatic heterocycles. The molecule has 5 heteroatoms. The van der Waals surface area contributed by atoms with Crippen LogP contribution in [0.5, 0.6) is 17.4 Å². The molecule has 0 unspecified atom stereocenters. The molecule has 0 atom stereocenters. The molecule has 0 radical (unpaired) electrons. The van der Waals surface area contributed by atoms with Crippen LogP contribution in [0.1, 0.15) is 25.3 Å².